The molecule has 1 aromatic carbocycles. The molecule has 1 aliphatic rings. The number of rotatable bonds is 10. The van der Waals surface area contributed by atoms with Crippen molar-refractivity contribution in [2.75, 3.05) is 39.3 Å². The van der Waals surface area contributed by atoms with Gasteiger partial charge in [0.2, 0.25) is 0 Å². The number of ether oxygens (including phenoxy) is 1. The van der Waals surface area contributed by atoms with Crippen LogP contribution in [0, 0.1) is 5.82 Å². The molecule has 0 aliphatic carbocycles. The average Bonchev–Trinajstić information content (AvgIpc) is 3.15. The van der Waals surface area contributed by atoms with Crippen LogP contribution in [0.3, 0.4) is 0 Å². The minimum Gasteiger partial charge on any atom is -0.486 e. The third kappa shape index (κ3) is 7.60. The number of para-hydroxylation sites is 1. The van der Waals surface area contributed by atoms with Gasteiger partial charge in [0.05, 0.1) is 6.54 Å². The number of guanidine groups is 1. The topological polar surface area (TPSA) is 48.9 Å². The number of aliphatic imine (C=N–C) groups is 1. The molecule has 2 rings (SSSR count). The normalized spacial score (nSPS) is 16.5. The number of likely N-dealkylation sites (tertiary alicyclic amines) is 1. The summed E-state index contributed by atoms with van der Waals surface area (Å²) in [6, 6.07) is 6.46. The van der Waals surface area contributed by atoms with Crippen molar-refractivity contribution >= 4 is 5.96 Å². The van der Waals surface area contributed by atoms with Crippen molar-refractivity contribution in [3.8, 4) is 5.75 Å². The van der Waals surface area contributed by atoms with Gasteiger partial charge in [-0.3, -0.25) is 0 Å². The van der Waals surface area contributed by atoms with E-state index in [4.69, 9.17) is 4.74 Å². The Kier molecular flexibility index (Phi) is 9.24. The van der Waals surface area contributed by atoms with Gasteiger partial charge in [-0.2, -0.15) is 0 Å². The van der Waals surface area contributed by atoms with E-state index in [1.165, 1.54) is 45.0 Å². The monoisotopic (exact) mass is 364 g/mol. The number of nitrogens with one attached hydrogen (secondary N) is 2. The van der Waals surface area contributed by atoms with E-state index >= 15 is 0 Å². The third-order valence-electron chi connectivity index (χ3n) is 4.41. The highest BCUT2D eigenvalue weighted by molar-refractivity contribution is 5.79. The fourth-order valence-corrected chi connectivity index (χ4v) is 3.03. The summed E-state index contributed by atoms with van der Waals surface area (Å²) in [6.45, 7) is 9.85. The molecule has 0 aromatic heterocycles. The average molecular weight is 365 g/mol. The molecule has 0 amide bonds. The van der Waals surface area contributed by atoms with Crippen molar-refractivity contribution in [3.05, 3.63) is 30.1 Å². The molecule has 26 heavy (non-hydrogen) atoms. The van der Waals surface area contributed by atoms with E-state index in [1.54, 1.807) is 18.2 Å². The second-order valence-electron chi connectivity index (χ2n) is 6.76. The fraction of sp³-hybridized carbons (Fsp3) is 0.650. The molecular weight excluding hydrogens is 331 g/mol. The summed E-state index contributed by atoms with van der Waals surface area (Å²) in [4.78, 5) is 7.09. The first kappa shape index (κ1) is 20.5. The molecule has 0 saturated carbocycles. The van der Waals surface area contributed by atoms with Gasteiger partial charge in [0.1, 0.15) is 6.10 Å². The van der Waals surface area contributed by atoms with E-state index < -0.39 is 0 Å². The highest BCUT2D eigenvalue weighted by atomic mass is 19.1. The van der Waals surface area contributed by atoms with Gasteiger partial charge < -0.3 is 20.3 Å². The van der Waals surface area contributed by atoms with Crippen molar-refractivity contribution in [2.24, 2.45) is 4.99 Å². The fourth-order valence-electron chi connectivity index (χ4n) is 3.03. The van der Waals surface area contributed by atoms with Crippen LogP contribution in [-0.4, -0.2) is 56.2 Å². The number of halogens is 1. The molecule has 0 radical (unpaired) electrons. The van der Waals surface area contributed by atoms with Gasteiger partial charge in [0.25, 0.3) is 0 Å². The number of nitrogens with zero attached hydrogens (tertiary/aromatic N) is 2. The Balaban J connectivity index is 1.68. The maximum absolute atomic E-state index is 13.6. The molecule has 0 spiro atoms. The van der Waals surface area contributed by atoms with Crippen molar-refractivity contribution < 1.29 is 9.13 Å². The van der Waals surface area contributed by atoms with Crippen molar-refractivity contribution in [3.63, 3.8) is 0 Å². The van der Waals surface area contributed by atoms with Crippen molar-refractivity contribution in [1.82, 2.24) is 15.5 Å². The largest absolute Gasteiger partial charge is 0.486 e. The number of hydrogen-bond acceptors (Lipinski definition) is 3. The predicted octanol–water partition coefficient (Wildman–Crippen LogP) is 3.02. The van der Waals surface area contributed by atoms with Gasteiger partial charge >= 0.3 is 0 Å². The minimum absolute atomic E-state index is 0.197. The summed E-state index contributed by atoms with van der Waals surface area (Å²) in [6.07, 6.45) is 4.84. The standard InChI is InChI=1S/C20H33FN4O/c1-3-22-20(23-12-6-7-13-25-14-8-9-15-25)24-16-17(2)26-19-11-5-4-10-18(19)21/h4-5,10-11,17H,3,6-9,12-16H2,1-2H3,(H2,22,23,24). The summed E-state index contributed by atoms with van der Waals surface area (Å²) in [5.41, 5.74) is 0. The minimum atomic E-state index is -0.341. The SMILES string of the molecule is CCNC(=NCC(C)Oc1ccccc1F)NCCCCN1CCCC1. The van der Waals surface area contributed by atoms with Gasteiger partial charge in [0, 0.05) is 13.1 Å². The third-order valence-corrected chi connectivity index (χ3v) is 4.41. The Morgan fingerprint density at radius 3 is 2.73 bits per heavy atom. The zero-order valence-corrected chi connectivity index (χ0v) is 16.1. The second-order valence-corrected chi connectivity index (χ2v) is 6.76. The molecule has 1 aliphatic heterocycles. The maximum Gasteiger partial charge on any atom is 0.191 e. The van der Waals surface area contributed by atoms with Gasteiger partial charge in [-0.25, -0.2) is 9.38 Å². The number of hydrogen-bond donors (Lipinski definition) is 2. The van der Waals surface area contributed by atoms with Crippen LogP contribution in [-0.2, 0) is 0 Å². The molecule has 1 unspecified atom stereocenters. The first-order valence-corrected chi connectivity index (χ1v) is 9.84. The summed E-state index contributed by atoms with van der Waals surface area (Å²) < 4.78 is 19.3. The highest BCUT2D eigenvalue weighted by Gasteiger charge is 2.10. The van der Waals surface area contributed by atoms with Crippen LogP contribution in [0.5, 0.6) is 5.75 Å². The lowest BCUT2D eigenvalue weighted by Gasteiger charge is -2.16. The molecule has 2 N–H and O–H groups in total. The van der Waals surface area contributed by atoms with Crippen LogP contribution < -0.4 is 15.4 Å². The lowest BCUT2D eigenvalue weighted by molar-refractivity contribution is 0.220. The van der Waals surface area contributed by atoms with Crippen LogP contribution in [0.2, 0.25) is 0 Å². The molecular formula is C20H33FN4O. The van der Waals surface area contributed by atoms with Gasteiger partial charge in [0.15, 0.2) is 17.5 Å². The Bertz CT molecular complexity index is 546. The molecule has 1 aromatic rings. The molecule has 0 bridgehead atoms. The second kappa shape index (κ2) is 11.7. The number of benzene rings is 1. The molecule has 5 nitrogen and oxygen atoms in total. The zero-order chi connectivity index (χ0) is 18.6. The molecule has 1 heterocycles. The lowest BCUT2D eigenvalue weighted by atomic mass is 10.3. The summed E-state index contributed by atoms with van der Waals surface area (Å²) in [5, 5.41) is 6.61. The van der Waals surface area contributed by atoms with Crippen LogP contribution in [0.25, 0.3) is 0 Å². The van der Waals surface area contributed by atoms with Gasteiger partial charge in [-0.15, -0.1) is 0 Å². The first-order valence-electron chi connectivity index (χ1n) is 9.84. The Morgan fingerprint density at radius 2 is 2.00 bits per heavy atom. The van der Waals surface area contributed by atoms with E-state index in [0.717, 1.165) is 25.5 Å². The van der Waals surface area contributed by atoms with Crippen molar-refractivity contribution in [2.45, 2.75) is 45.6 Å². The van der Waals surface area contributed by atoms with Crippen LogP contribution in [0.15, 0.2) is 29.3 Å². The molecule has 146 valence electrons. The smallest absolute Gasteiger partial charge is 0.191 e. The predicted molar refractivity (Wildman–Crippen MR) is 105 cm³/mol. The van der Waals surface area contributed by atoms with Crippen molar-refractivity contribution in [1.29, 1.82) is 0 Å². The van der Waals surface area contributed by atoms with Crippen LogP contribution in [0.4, 0.5) is 4.39 Å². The molecule has 1 atom stereocenters. The lowest BCUT2D eigenvalue weighted by Crippen LogP contribution is -2.38. The summed E-state index contributed by atoms with van der Waals surface area (Å²) in [7, 11) is 0. The first-order chi connectivity index (χ1) is 12.7. The highest BCUT2D eigenvalue weighted by Crippen LogP contribution is 2.17. The summed E-state index contributed by atoms with van der Waals surface area (Å²) >= 11 is 0. The van der Waals surface area contributed by atoms with E-state index in [0.29, 0.717) is 6.54 Å². The van der Waals surface area contributed by atoms with E-state index in [9.17, 15) is 4.39 Å². The molecule has 1 fully saturated rings. The Morgan fingerprint density at radius 1 is 1.23 bits per heavy atom. The Labute approximate surface area is 157 Å². The van der Waals surface area contributed by atoms with Gasteiger partial charge in [-0.05, 0) is 71.3 Å². The van der Waals surface area contributed by atoms with E-state index in [1.807, 2.05) is 13.8 Å². The van der Waals surface area contributed by atoms with Crippen LogP contribution >= 0.6 is 0 Å². The quantitative estimate of drug-likeness (QED) is 0.381. The molecule has 1 saturated heterocycles. The zero-order valence-electron chi connectivity index (χ0n) is 16.1. The summed E-state index contributed by atoms with van der Waals surface area (Å²) in [5.74, 6) is 0.721. The number of unbranched alkanes of at least 4 members (excludes halogenated alkanes) is 1. The maximum atomic E-state index is 13.6. The van der Waals surface area contributed by atoms with E-state index in [2.05, 4.69) is 20.5 Å². The van der Waals surface area contributed by atoms with E-state index in [-0.39, 0.29) is 17.7 Å². The van der Waals surface area contributed by atoms with Crippen LogP contribution in [0.1, 0.15) is 39.5 Å². The Hall–Kier alpha value is -1.82. The molecule has 6 heteroatoms. The van der Waals surface area contributed by atoms with Gasteiger partial charge in [-0.1, -0.05) is 12.1 Å².